The molecule has 108 valence electrons. The van der Waals surface area contributed by atoms with Crippen molar-refractivity contribution in [2.45, 2.75) is 19.9 Å². The third-order valence-electron chi connectivity index (χ3n) is 2.58. The first-order chi connectivity index (χ1) is 9.41. The average molecular weight is 279 g/mol. The van der Waals surface area contributed by atoms with Crippen LogP contribution in [0.5, 0.6) is 0 Å². The van der Waals surface area contributed by atoms with Crippen LogP contribution in [-0.4, -0.2) is 35.6 Å². The molecule has 0 aliphatic rings. The summed E-state index contributed by atoms with van der Waals surface area (Å²) in [4.78, 5) is 34.1. The molecule has 20 heavy (non-hydrogen) atoms. The van der Waals surface area contributed by atoms with Crippen LogP contribution < -0.4 is 5.32 Å². The predicted octanol–water partition coefficient (Wildman–Crippen LogP) is 1.07. The first kappa shape index (κ1) is 15.7. The van der Waals surface area contributed by atoms with E-state index in [-0.39, 0.29) is 5.92 Å². The molecular formula is C14H17NO5. The predicted molar refractivity (Wildman–Crippen MR) is 71.1 cm³/mol. The second-order valence-corrected chi connectivity index (χ2v) is 4.56. The minimum atomic E-state index is -1.24. The van der Waals surface area contributed by atoms with Crippen molar-refractivity contribution in [1.29, 1.82) is 0 Å². The van der Waals surface area contributed by atoms with Gasteiger partial charge in [-0.25, -0.2) is 9.59 Å². The number of carbonyl (C=O) groups excluding carboxylic acids is 2. The van der Waals surface area contributed by atoms with Crippen LogP contribution in [0.2, 0.25) is 0 Å². The maximum Gasteiger partial charge on any atom is 0.341 e. The van der Waals surface area contributed by atoms with Crippen LogP contribution in [0.3, 0.4) is 0 Å². The number of amides is 1. The Morgan fingerprint density at radius 3 is 2.30 bits per heavy atom. The van der Waals surface area contributed by atoms with Gasteiger partial charge in [-0.15, -0.1) is 0 Å². The molecule has 0 aliphatic carbocycles. The number of ether oxygens (including phenoxy) is 1. The third kappa shape index (κ3) is 4.72. The van der Waals surface area contributed by atoms with Crippen LogP contribution in [0.25, 0.3) is 0 Å². The van der Waals surface area contributed by atoms with Crippen molar-refractivity contribution in [2.24, 2.45) is 5.92 Å². The monoisotopic (exact) mass is 279 g/mol. The smallest absolute Gasteiger partial charge is 0.341 e. The summed E-state index contributed by atoms with van der Waals surface area (Å²) >= 11 is 0. The Morgan fingerprint density at radius 1 is 1.20 bits per heavy atom. The van der Waals surface area contributed by atoms with Crippen molar-refractivity contribution < 1.29 is 24.2 Å². The van der Waals surface area contributed by atoms with Gasteiger partial charge in [0.1, 0.15) is 6.04 Å². The largest absolute Gasteiger partial charge is 0.479 e. The SMILES string of the molecule is CC(C)C(NC(=O)c1ccccc1)C(=O)OCC(=O)O. The Kier molecular flexibility index (Phi) is 5.71. The van der Waals surface area contributed by atoms with Gasteiger partial charge in [0.05, 0.1) is 0 Å². The van der Waals surface area contributed by atoms with Crippen LogP contribution in [0.4, 0.5) is 0 Å². The van der Waals surface area contributed by atoms with E-state index in [2.05, 4.69) is 10.1 Å². The van der Waals surface area contributed by atoms with Gasteiger partial charge in [-0.2, -0.15) is 0 Å². The Hall–Kier alpha value is -2.37. The summed E-state index contributed by atoms with van der Waals surface area (Å²) in [6, 6.07) is 7.55. The van der Waals surface area contributed by atoms with E-state index < -0.39 is 30.5 Å². The molecule has 0 spiro atoms. The number of esters is 1. The summed E-state index contributed by atoms with van der Waals surface area (Å²) in [5.74, 6) is -2.62. The number of nitrogens with one attached hydrogen (secondary N) is 1. The van der Waals surface area contributed by atoms with E-state index in [1.54, 1.807) is 44.2 Å². The Balaban J connectivity index is 2.70. The van der Waals surface area contributed by atoms with E-state index in [0.29, 0.717) is 5.56 Å². The van der Waals surface area contributed by atoms with Crippen molar-refractivity contribution in [2.75, 3.05) is 6.61 Å². The fraction of sp³-hybridized carbons (Fsp3) is 0.357. The summed E-state index contributed by atoms with van der Waals surface area (Å²) in [7, 11) is 0. The summed E-state index contributed by atoms with van der Waals surface area (Å²) in [5.41, 5.74) is 0.421. The summed E-state index contributed by atoms with van der Waals surface area (Å²) < 4.78 is 4.61. The highest BCUT2D eigenvalue weighted by Crippen LogP contribution is 2.06. The van der Waals surface area contributed by atoms with Crippen LogP contribution in [0.1, 0.15) is 24.2 Å². The van der Waals surface area contributed by atoms with Crippen molar-refractivity contribution in [1.82, 2.24) is 5.32 Å². The van der Waals surface area contributed by atoms with E-state index in [9.17, 15) is 14.4 Å². The topological polar surface area (TPSA) is 92.7 Å². The molecule has 0 fully saturated rings. The van der Waals surface area contributed by atoms with E-state index in [1.165, 1.54) is 0 Å². The van der Waals surface area contributed by atoms with Gasteiger partial charge < -0.3 is 15.2 Å². The third-order valence-corrected chi connectivity index (χ3v) is 2.58. The van der Waals surface area contributed by atoms with Crippen molar-refractivity contribution in [3.8, 4) is 0 Å². The van der Waals surface area contributed by atoms with Gasteiger partial charge >= 0.3 is 11.9 Å². The Morgan fingerprint density at radius 2 is 1.80 bits per heavy atom. The zero-order valence-corrected chi connectivity index (χ0v) is 11.3. The molecular weight excluding hydrogens is 262 g/mol. The summed E-state index contributed by atoms with van der Waals surface area (Å²) in [6.45, 7) is 2.75. The second kappa shape index (κ2) is 7.28. The maximum absolute atomic E-state index is 12.0. The lowest BCUT2D eigenvalue weighted by molar-refractivity contribution is -0.157. The molecule has 1 aromatic carbocycles. The van der Waals surface area contributed by atoms with Crippen LogP contribution >= 0.6 is 0 Å². The molecule has 1 rings (SSSR count). The Bertz CT molecular complexity index is 484. The number of aliphatic carboxylic acids is 1. The minimum Gasteiger partial charge on any atom is -0.479 e. The summed E-state index contributed by atoms with van der Waals surface area (Å²) in [6.07, 6.45) is 0. The van der Waals surface area contributed by atoms with Crippen LogP contribution in [0, 0.1) is 5.92 Å². The number of hydrogen-bond donors (Lipinski definition) is 2. The molecule has 1 amide bonds. The molecule has 2 N–H and O–H groups in total. The highest BCUT2D eigenvalue weighted by molar-refractivity contribution is 5.96. The lowest BCUT2D eigenvalue weighted by Crippen LogP contribution is -2.45. The molecule has 0 radical (unpaired) electrons. The highest BCUT2D eigenvalue weighted by Gasteiger charge is 2.26. The average Bonchev–Trinajstić information content (AvgIpc) is 2.42. The van der Waals surface area contributed by atoms with Gasteiger partial charge in [0.15, 0.2) is 6.61 Å². The van der Waals surface area contributed by atoms with E-state index in [0.717, 1.165) is 0 Å². The van der Waals surface area contributed by atoms with Gasteiger partial charge in [-0.1, -0.05) is 32.0 Å². The second-order valence-electron chi connectivity index (χ2n) is 4.56. The molecule has 1 atom stereocenters. The number of carbonyl (C=O) groups is 3. The fourth-order valence-electron chi connectivity index (χ4n) is 1.53. The number of carboxylic acid groups (broad SMARTS) is 1. The number of hydrogen-bond acceptors (Lipinski definition) is 4. The molecule has 1 aromatic rings. The normalized spacial score (nSPS) is 11.8. The van der Waals surface area contributed by atoms with Gasteiger partial charge in [-0.05, 0) is 18.1 Å². The van der Waals surface area contributed by atoms with E-state index in [4.69, 9.17) is 5.11 Å². The van der Waals surface area contributed by atoms with Gasteiger partial charge in [0.25, 0.3) is 5.91 Å². The van der Waals surface area contributed by atoms with Gasteiger partial charge in [0, 0.05) is 5.56 Å². The van der Waals surface area contributed by atoms with Crippen molar-refractivity contribution in [3.63, 3.8) is 0 Å². The van der Waals surface area contributed by atoms with Crippen LogP contribution in [-0.2, 0) is 14.3 Å². The zero-order valence-electron chi connectivity index (χ0n) is 11.3. The molecule has 1 unspecified atom stereocenters. The van der Waals surface area contributed by atoms with Crippen molar-refractivity contribution in [3.05, 3.63) is 35.9 Å². The quantitative estimate of drug-likeness (QED) is 0.760. The molecule has 6 nitrogen and oxygen atoms in total. The van der Waals surface area contributed by atoms with Gasteiger partial charge in [0.2, 0.25) is 0 Å². The highest BCUT2D eigenvalue weighted by atomic mass is 16.6. The number of rotatable bonds is 6. The molecule has 6 heteroatoms. The standard InChI is InChI=1S/C14H17NO5/c1-9(2)12(14(19)20-8-11(16)17)15-13(18)10-6-4-3-5-7-10/h3-7,9,12H,8H2,1-2H3,(H,15,18)(H,16,17). The Labute approximate surface area is 116 Å². The number of benzene rings is 1. The minimum absolute atomic E-state index is 0.219. The molecule has 0 aliphatic heterocycles. The van der Waals surface area contributed by atoms with Crippen LogP contribution in [0.15, 0.2) is 30.3 Å². The number of carboxylic acids is 1. The molecule has 0 bridgehead atoms. The molecule has 0 aromatic heterocycles. The van der Waals surface area contributed by atoms with E-state index in [1.807, 2.05) is 0 Å². The lowest BCUT2D eigenvalue weighted by atomic mass is 10.0. The lowest BCUT2D eigenvalue weighted by Gasteiger charge is -2.20. The first-order valence-electron chi connectivity index (χ1n) is 6.16. The van der Waals surface area contributed by atoms with Crippen molar-refractivity contribution >= 4 is 17.8 Å². The molecule has 0 saturated carbocycles. The molecule has 0 saturated heterocycles. The molecule has 0 heterocycles. The maximum atomic E-state index is 12.0. The van der Waals surface area contributed by atoms with E-state index >= 15 is 0 Å². The summed E-state index contributed by atoms with van der Waals surface area (Å²) in [5, 5.41) is 11.0. The zero-order chi connectivity index (χ0) is 15.1. The van der Waals surface area contributed by atoms with Gasteiger partial charge in [-0.3, -0.25) is 4.79 Å². The fourth-order valence-corrected chi connectivity index (χ4v) is 1.53. The first-order valence-corrected chi connectivity index (χ1v) is 6.16.